The van der Waals surface area contributed by atoms with Crippen molar-refractivity contribution >= 4 is 40.5 Å². The Bertz CT molecular complexity index is 959. The van der Waals surface area contributed by atoms with Gasteiger partial charge in [0.1, 0.15) is 0 Å². The van der Waals surface area contributed by atoms with Gasteiger partial charge in [-0.05, 0) is 63.3 Å². The second-order valence-corrected chi connectivity index (χ2v) is 7.02. The number of anilines is 1. The number of amides is 1. The summed E-state index contributed by atoms with van der Waals surface area (Å²) < 4.78 is 55.1. The van der Waals surface area contributed by atoms with Crippen LogP contribution in [0.25, 0.3) is 0 Å². The van der Waals surface area contributed by atoms with Gasteiger partial charge in [0.05, 0.1) is 36.1 Å². The van der Waals surface area contributed by atoms with Crippen LogP contribution in [0.2, 0.25) is 5.02 Å². The van der Waals surface area contributed by atoms with Gasteiger partial charge in [-0.3, -0.25) is 10.1 Å². The largest absolute Gasteiger partial charge is 0.490 e. The van der Waals surface area contributed by atoms with Crippen LogP contribution in [-0.2, 0) is 6.18 Å². The molecular weight excluding hydrogens is 469 g/mol. The summed E-state index contributed by atoms with van der Waals surface area (Å²) in [6, 6.07) is 5.72. The molecule has 1 amide bonds. The molecule has 6 nitrogen and oxygen atoms in total. The zero-order chi connectivity index (χ0) is 23.9. The minimum Gasteiger partial charge on any atom is -0.490 e. The van der Waals surface area contributed by atoms with Crippen molar-refractivity contribution in [1.82, 2.24) is 5.32 Å². The van der Waals surface area contributed by atoms with E-state index in [9.17, 15) is 18.0 Å². The molecule has 2 aromatic rings. The number of benzene rings is 2. The van der Waals surface area contributed by atoms with Gasteiger partial charge in [0, 0.05) is 5.56 Å². The van der Waals surface area contributed by atoms with Crippen molar-refractivity contribution < 1.29 is 32.2 Å². The topological polar surface area (TPSA) is 68.8 Å². The Balaban J connectivity index is 2.21. The molecule has 0 spiro atoms. The lowest BCUT2D eigenvalue weighted by molar-refractivity contribution is -0.137. The standard InChI is InChI=1S/C21H22ClF3N2O4S/c1-4-29-16-9-12(10-17(30-5-2)18(16)31-6-3)19(28)27-20(32)26-15-8-7-13(11-14(15)22)21(23,24)25/h7-11H,4-6H2,1-3H3,(H2,26,27,28,32). The van der Waals surface area contributed by atoms with Crippen LogP contribution in [0.1, 0.15) is 36.7 Å². The molecule has 0 unspecified atom stereocenters. The zero-order valence-electron chi connectivity index (χ0n) is 17.6. The minimum absolute atomic E-state index is 0.113. The summed E-state index contributed by atoms with van der Waals surface area (Å²) in [5, 5.41) is 4.72. The molecule has 11 heteroatoms. The van der Waals surface area contributed by atoms with Crippen LogP contribution in [-0.4, -0.2) is 30.8 Å². The van der Waals surface area contributed by atoms with Crippen LogP contribution in [0.5, 0.6) is 17.2 Å². The average Bonchev–Trinajstić information content (AvgIpc) is 2.71. The number of hydrogen-bond donors (Lipinski definition) is 2. The fraction of sp³-hybridized carbons (Fsp3) is 0.333. The monoisotopic (exact) mass is 490 g/mol. The number of thiocarbonyl (C=S) groups is 1. The molecule has 2 rings (SSSR count). The summed E-state index contributed by atoms with van der Waals surface area (Å²) in [7, 11) is 0. The Hall–Kier alpha value is -2.72. The van der Waals surface area contributed by atoms with Crippen LogP contribution in [0.3, 0.4) is 0 Å². The van der Waals surface area contributed by atoms with Gasteiger partial charge in [0.15, 0.2) is 16.6 Å². The molecule has 0 atom stereocenters. The highest BCUT2D eigenvalue weighted by Crippen LogP contribution is 2.39. The normalized spacial score (nSPS) is 11.0. The van der Waals surface area contributed by atoms with Crippen LogP contribution >= 0.6 is 23.8 Å². The molecule has 0 saturated heterocycles. The highest BCUT2D eigenvalue weighted by molar-refractivity contribution is 7.80. The van der Waals surface area contributed by atoms with Crippen molar-refractivity contribution in [2.75, 3.05) is 25.1 Å². The van der Waals surface area contributed by atoms with E-state index in [-0.39, 0.29) is 21.4 Å². The molecule has 0 fully saturated rings. The van der Waals surface area contributed by atoms with Gasteiger partial charge in [-0.25, -0.2) is 0 Å². The van der Waals surface area contributed by atoms with E-state index in [4.69, 9.17) is 38.0 Å². The van der Waals surface area contributed by atoms with Gasteiger partial charge in [-0.1, -0.05) is 11.6 Å². The maximum Gasteiger partial charge on any atom is 0.416 e. The van der Waals surface area contributed by atoms with E-state index in [1.54, 1.807) is 13.8 Å². The van der Waals surface area contributed by atoms with Crippen LogP contribution in [0.4, 0.5) is 18.9 Å². The van der Waals surface area contributed by atoms with Gasteiger partial charge in [0.25, 0.3) is 5.91 Å². The molecular formula is C21H22ClF3N2O4S. The summed E-state index contributed by atoms with van der Waals surface area (Å²) in [6.07, 6.45) is -4.53. The molecule has 0 saturated carbocycles. The summed E-state index contributed by atoms with van der Waals surface area (Å²) in [5.74, 6) is 0.450. The first-order chi connectivity index (χ1) is 15.1. The van der Waals surface area contributed by atoms with E-state index >= 15 is 0 Å². The highest BCUT2D eigenvalue weighted by Gasteiger charge is 2.31. The molecule has 2 N–H and O–H groups in total. The fourth-order valence-electron chi connectivity index (χ4n) is 2.64. The first kappa shape index (κ1) is 25.5. The lowest BCUT2D eigenvalue weighted by atomic mass is 10.1. The molecule has 0 aliphatic rings. The number of carbonyl (C=O) groups excluding carboxylic acids is 1. The molecule has 0 bridgehead atoms. The second kappa shape index (κ2) is 11.2. The highest BCUT2D eigenvalue weighted by atomic mass is 35.5. The van der Waals surface area contributed by atoms with E-state index in [1.807, 2.05) is 6.92 Å². The lowest BCUT2D eigenvalue weighted by Gasteiger charge is -2.17. The predicted octanol–water partition coefficient (Wildman–Crippen LogP) is 5.68. The Kier molecular flexibility index (Phi) is 8.97. The van der Waals surface area contributed by atoms with E-state index in [0.717, 1.165) is 18.2 Å². The smallest absolute Gasteiger partial charge is 0.416 e. The van der Waals surface area contributed by atoms with Gasteiger partial charge >= 0.3 is 6.18 Å². The first-order valence-electron chi connectivity index (χ1n) is 9.66. The summed E-state index contributed by atoms with van der Waals surface area (Å²) in [4.78, 5) is 12.7. The predicted molar refractivity (Wildman–Crippen MR) is 120 cm³/mol. The number of rotatable bonds is 8. The number of alkyl halides is 3. The fourth-order valence-corrected chi connectivity index (χ4v) is 3.07. The van der Waals surface area contributed by atoms with Crippen LogP contribution in [0, 0.1) is 0 Å². The minimum atomic E-state index is -4.53. The number of ether oxygens (including phenoxy) is 3. The third-order valence-corrected chi connectivity index (χ3v) is 4.46. The number of carbonyl (C=O) groups is 1. The molecule has 0 heterocycles. The summed E-state index contributed by atoms with van der Waals surface area (Å²) in [5.41, 5.74) is -0.603. The molecule has 0 aromatic heterocycles. The van der Waals surface area contributed by atoms with Crippen molar-refractivity contribution in [3.8, 4) is 17.2 Å². The van der Waals surface area contributed by atoms with Crippen LogP contribution in [0.15, 0.2) is 30.3 Å². The molecule has 174 valence electrons. The quantitative estimate of drug-likeness (QED) is 0.464. The lowest BCUT2D eigenvalue weighted by Crippen LogP contribution is -2.34. The molecule has 2 aromatic carbocycles. The third kappa shape index (κ3) is 6.64. The van der Waals surface area contributed by atoms with E-state index in [1.165, 1.54) is 12.1 Å². The Morgan fingerprint density at radius 2 is 1.56 bits per heavy atom. The molecule has 0 aliphatic heterocycles. The second-order valence-electron chi connectivity index (χ2n) is 6.20. The first-order valence-corrected chi connectivity index (χ1v) is 10.4. The average molecular weight is 491 g/mol. The maximum absolute atomic E-state index is 12.8. The van der Waals surface area contributed by atoms with Crippen LogP contribution < -0.4 is 24.8 Å². The molecule has 0 radical (unpaired) electrons. The van der Waals surface area contributed by atoms with Crippen molar-refractivity contribution in [3.05, 3.63) is 46.5 Å². The van der Waals surface area contributed by atoms with Crippen molar-refractivity contribution in [2.24, 2.45) is 0 Å². The molecule has 0 aliphatic carbocycles. The Morgan fingerprint density at radius 1 is 1.00 bits per heavy atom. The SMILES string of the molecule is CCOc1cc(C(=O)NC(=S)Nc2ccc(C(F)(F)F)cc2Cl)cc(OCC)c1OCC. The Morgan fingerprint density at radius 3 is 2.03 bits per heavy atom. The van der Waals surface area contributed by atoms with Gasteiger partial charge in [-0.15, -0.1) is 0 Å². The maximum atomic E-state index is 12.8. The van der Waals surface area contributed by atoms with E-state index in [2.05, 4.69) is 10.6 Å². The van der Waals surface area contributed by atoms with E-state index in [0.29, 0.717) is 37.1 Å². The van der Waals surface area contributed by atoms with E-state index < -0.39 is 17.6 Å². The summed E-state index contributed by atoms with van der Waals surface area (Å²) in [6.45, 7) is 6.42. The zero-order valence-corrected chi connectivity index (χ0v) is 19.1. The third-order valence-electron chi connectivity index (χ3n) is 3.94. The number of halogens is 4. The van der Waals surface area contributed by atoms with Gasteiger partial charge in [0.2, 0.25) is 5.75 Å². The van der Waals surface area contributed by atoms with Crippen molar-refractivity contribution in [2.45, 2.75) is 26.9 Å². The van der Waals surface area contributed by atoms with Gasteiger partial charge < -0.3 is 19.5 Å². The summed E-state index contributed by atoms with van der Waals surface area (Å²) >= 11 is 11.0. The van der Waals surface area contributed by atoms with Crippen molar-refractivity contribution in [3.63, 3.8) is 0 Å². The van der Waals surface area contributed by atoms with Gasteiger partial charge in [-0.2, -0.15) is 13.2 Å². The number of nitrogens with one attached hydrogen (secondary N) is 2. The van der Waals surface area contributed by atoms with Crippen molar-refractivity contribution in [1.29, 1.82) is 0 Å². The Labute approximate surface area is 194 Å². The molecule has 32 heavy (non-hydrogen) atoms. The number of hydrogen-bond acceptors (Lipinski definition) is 5.